The molecule has 0 bridgehead atoms. The van der Waals surface area contributed by atoms with Crippen LogP contribution in [0.3, 0.4) is 0 Å². The lowest BCUT2D eigenvalue weighted by molar-refractivity contribution is 0.420. The molecule has 0 aliphatic heterocycles. The van der Waals surface area contributed by atoms with Crippen LogP contribution in [0.4, 0.5) is 0 Å². The summed E-state index contributed by atoms with van der Waals surface area (Å²) >= 11 is 0. The second kappa shape index (κ2) is 9.12. The third-order valence-electron chi connectivity index (χ3n) is 3.48. The summed E-state index contributed by atoms with van der Waals surface area (Å²) in [5.41, 5.74) is 7.19. The maximum Gasteiger partial charge on any atom is 0.0294 e. The molecule has 0 aliphatic rings. The Morgan fingerprint density at radius 3 is 2.44 bits per heavy atom. The summed E-state index contributed by atoms with van der Waals surface area (Å²) in [6, 6.07) is 11.4. The van der Waals surface area contributed by atoms with Crippen LogP contribution in [0.15, 0.2) is 30.3 Å². The van der Waals surface area contributed by atoms with Gasteiger partial charge in [0.15, 0.2) is 0 Å². The Kier molecular flexibility index (Phi) is 7.70. The molecule has 0 amide bonds. The van der Waals surface area contributed by atoms with Crippen LogP contribution >= 0.6 is 0 Å². The Morgan fingerprint density at radius 2 is 1.83 bits per heavy atom. The van der Waals surface area contributed by atoms with E-state index < -0.39 is 0 Å². The van der Waals surface area contributed by atoms with E-state index in [-0.39, 0.29) is 0 Å². The number of benzene rings is 1. The zero-order chi connectivity index (χ0) is 13.2. The van der Waals surface area contributed by atoms with Crippen molar-refractivity contribution in [2.24, 2.45) is 5.73 Å². The number of nitrogens with one attached hydrogen (secondary N) is 1. The molecule has 1 aromatic carbocycles. The van der Waals surface area contributed by atoms with E-state index in [4.69, 9.17) is 5.73 Å². The normalized spacial score (nSPS) is 14.4. The fraction of sp³-hybridized carbons (Fsp3) is 0.625. The summed E-state index contributed by atoms with van der Waals surface area (Å²) in [5, 5.41) is 3.63. The Morgan fingerprint density at radius 1 is 1.11 bits per heavy atom. The molecule has 3 N–H and O–H groups in total. The van der Waals surface area contributed by atoms with Gasteiger partial charge in [0, 0.05) is 18.6 Å². The smallest absolute Gasteiger partial charge is 0.0294 e. The minimum absolute atomic E-state index is 0.380. The Labute approximate surface area is 112 Å². The second-order valence-electron chi connectivity index (χ2n) is 5.08. The quantitative estimate of drug-likeness (QED) is 0.655. The highest BCUT2D eigenvalue weighted by atomic mass is 15.0. The third-order valence-corrected chi connectivity index (χ3v) is 3.48. The number of nitrogens with two attached hydrogens (primary N) is 1. The molecule has 2 atom stereocenters. The average Bonchev–Trinajstić information content (AvgIpc) is 2.43. The van der Waals surface area contributed by atoms with Crippen molar-refractivity contribution >= 4 is 0 Å². The lowest BCUT2D eigenvalue weighted by Gasteiger charge is -2.22. The van der Waals surface area contributed by atoms with Gasteiger partial charge in [-0.15, -0.1) is 0 Å². The van der Waals surface area contributed by atoms with Gasteiger partial charge in [-0.1, -0.05) is 62.9 Å². The SMILES string of the molecule is CCCCCCC(CN)NC(C)c1ccccc1. The molecule has 2 nitrogen and oxygen atoms in total. The van der Waals surface area contributed by atoms with Crippen molar-refractivity contribution in [2.45, 2.75) is 58.0 Å². The Bertz CT molecular complexity index is 297. The molecule has 0 radical (unpaired) electrons. The van der Waals surface area contributed by atoms with E-state index in [1.807, 2.05) is 0 Å². The van der Waals surface area contributed by atoms with Crippen LogP contribution in [-0.2, 0) is 0 Å². The number of hydrogen-bond acceptors (Lipinski definition) is 2. The van der Waals surface area contributed by atoms with Crippen molar-refractivity contribution in [3.8, 4) is 0 Å². The average molecular weight is 248 g/mol. The molecule has 18 heavy (non-hydrogen) atoms. The van der Waals surface area contributed by atoms with Gasteiger partial charge in [-0.3, -0.25) is 0 Å². The van der Waals surface area contributed by atoms with Crippen LogP contribution in [0.2, 0.25) is 0 Å². The van der Waals surface area contributed by atoms with Crippen LogP contribution in [-0.4, -0.2) is 12.6 Å². The van der Waals surface area contributed by atoms with Crippen LogP contribution in [0.25, 0.3) is 0 Å². The maximum absolute atomic E-state index is 5.85. The second-order valence-corrected chi connectivity index (χ2v) is 5.08. The van der Waals surface area contributed by atoms with Crippen molar-refractivity contribution in [3.63, 3.8) is 0 Å². The Balaban J connectivity index is 2.33. The molecule has 0 saturated heterocycles. The van der Waals surface area contributed by atoms with Crippen molar-refractivity contribution in [3.05, 3.63) is 35.9 Å². The minimum atomic E-state index is 0.380. The molecule has 2 unspecified atom stereocenters. The lowest BCUT2D eigenvalue weighted by Crippen LogP contribution is -2.37. The van der Waals surface area contributed by atoms with Gasteiger partial charge >= 0.3 is 0 Å². The molecule has 0 spiro atoms. The van der Waals surface area contributed by atoms with Crippen LogP contribution < -0.4 is 11.1 Å². The monoisotopic (exact) mass is 248 g/mol. The highest BCUT2D eigenvalue weighted by molar-refractivity contribution is 5.18. The molecule has 0 aromatic heterocycles. The van der Waals surface area contributed by atoms with Gasteiger partial charge in [-0.05, 0) is 18.9 Å². The van der Waals surface area contributed by atoms with Crippen molar-refractivity contribution < 1.29 is 0 Å². The number of hydrogen-bond donors (Lipinski definition) is 2. The largest absolute Gasteiger partial charge is 0.329 e. The first-order valence-corrected chi connectivity index (χ1v) is 7.29. The zero-order valence-electron chi connectivity index (χ0n) is 11.9. The van der Waals surface area contributed by atoms with Crippen molar-refractivity contribution in [1.29, 1.82) is 0 Å². The molecule has 2 heteroatoms. The van der Waals surface area contributed by atoms with E-state index in [0.29, 0.717) is 12.1 Å². The molecular formula is C16H28N2. The van der Waals surface area contributed by atoms with E-state index in [2.05, 4.69) is 49.5 Å². The highest BCUT2D eigenvalue weighted by Crippen LogP contribution is 2.14. The zero-order valence-corrected chi connectivity index (χ0v) is 11.9. The van der Waals surface area contributed by atoms with Crippen LogP contribution in [0.1, 0.15) is 57.6 Å². The first-order chi connectivity index (χ1) is 8.77. The van der Waals surface area contributed by atoms with Gasteiger partial charge in [0.2, 0.25) is 0 Å². The molecule has 1 aromatic rings. The van der Waals surface area contributed by atoms with Crippen molar-refractivity contribution in [2.75, 3.05) is 6.54 Å². The summed E-state index contributed by atoms with van der Waals surface area (Å²) < 4.78 is 0. The number of unbranched alkanes of at least 4 members (excludes halogenated alkanes) is 3. The summed E-state index contributed by atoms with van der Waals surface area (Å²) in [5.74, 6) is 0. The van der Waals surface area contributed by atoms with E-state index in [0.717, 1.165) is 6.54 Å². The molecule has 0 heterocycles. The van der Waals surface area contributed by atoms with Gasteiger partial charge in [0.1, 0.15) is 0 Å². The fourth-order valence-corrected chi connectivity index (χ4v) is 2.28. The van der Waals surface area contributed by atoms with Gasteiger partial charge < -0.3 is 11.1 Å². The molecule has 0 fully saturated rings. The standard InChI is InChI=1S/C16H28N2/c1-3-4-5-9-12-16(13-17)18-14(2)15-10-7-6-8-11-15/h6-8,10-11,14,16,18H,3-5,9,12-13,17H2,1-2H3. The van der Waals surface area contributed by atoms with Crippen LogP contribution in [0, 0.1) is 0 Å². The van der Waals surface area contributed by atoms with Gasteiger partial charge in [-0.25, -0.2) is 0 Å². The predicted molar refractivity (Wildman–Crippen MR) is 79.6 cm³/mol. The van der Waals surface area contributed by atoms with E-state index in [1.165, 1.54) is 37.7 Å². The number of rotatable bonds is 9. The third kappa shape index (κ3) is 5.65. The van der Waals surface area contributed by atoms with E-state index >= 15 is 0 Å². The molecule has 1 rings (SSSR count). The topological polar surface area (TPSA) is 38.0 Å². The van der Waals surface area contributed by atoms with Crippen LogP contribution in [0.5, 0.6) is 0 Å². The van der Waals surface area contributed by atoms with E-state index in [1.54, 1.807) is 0 Å². The summed E-state index contributed by atoms with van der Waals surface area (Å²) in [7, 11) is 0. The minimum Gasteiger partial charge on any atom is -0.329 e. The van der Waals surface area contributed by atoms with E-state index in [9.17, 15) is 0 Å². The summed E-state index contributed by atoms with van der Waals surface area (Å²) in [6.45, 7) is 5.18. The first kappa shape index (κ1) is 15.2. The lowest BCUT2D eigenvalue weighted by atomic mass is 10.0. The van der Waals surface area contributed by atoms with Gasteiger partial charge in [0.05, 0.1) is 0 Å². The summed E-state index contributed by atoms with van der Waals surface area (Å²) in [4.78, 5) is 0. The Hall–Kier alpha value is -0.860. The fourth-order valence-electron chi connectivity index (χ4n) is 2.28. The van der Waals surface area contributed by atoms with Crippen molar-refractivity contribution in [1.82, 2.24) is 5.32 Å². The highest BCUT2D eigenvalue weighted by Gasteiger charge is 2.11. The van der Waals surface area contributed by atoms with Gasteiger partial charge in [0.25, 0.3) is 0 Å². The molecular weight excluding hydrogens is 220 g/mol. The first-order valence-electron chi connectivity index (χ1n) is 7.29. The van der Waals surface area contributed by atoms with Gasteiger partial charge in [-0.2, -0.15) is 0 Å². The maximum atomic E-state index is 5.85. The summed E-state index contributed by atoms with van der Waals surface area (Å²) in [6.07, 6.45) is 6.43. The molecule has 102 valence electrons. The molecule has 0 aliphatic carbocycles. The predicted octanol–water partition coefficient (Wildman–Crippen LogP) is 3.63. The molecule has 0 saturated carbocycles.